The fourth-order valence-electron chi connectivity index (χ4n) is 2.09. The molecule has 0 spiro atoms. The fraction of sp³-hybridized carbons (Fsp3) is 0.619. The average molecular weight is 398 g/mol. The van der Waals surface area contributed by atoms with Crippen LogP contribution in [-0.4, -0.2) is 35.4 Å². The number of allylic oxidation sites excluding steroid dienone is 5. The second-order valence-electron chi connectivity index (χ2n) is 6.85. The summed E-state index contributed by atoms with van der Waals surface area (Å²) in [6.45, 7) is 10.2. The van der Waals surface area contributed by atoms with E-state index in [1.54, 1.807) is 18.7 Å². The maximum Gasteiger partial charge on any atom is 0.140 e. The number of nitrogens with one attached hydrogen (secondary N) is 1. The predicted molar refractivity (Wildman–Crippen MR) is 119 cm³/mol. The fourth-order valence-corrected chi connectivity index (χ4v) is 3.79. The molecule has 1 N–H and O–H groups in total. The van der Waals surface area contributed by atoms with Gasteiger partial charge in [0.15, 0.2) is 0 Å². The number of hydrogen-bond donors (Lipinski definition) is 1. The number of aldehydes is 1. The zero-order chi connectivity index (χ0) is 19.8. The summed E-state index contributed by atoms with van der Waals surface area (Å²) in [7, 11) is 0. The summed E-state index contributed by atoms with van der Waals surface area (Å²) < 4.78 is 3.03. The standard InChI is InChI=1S/C21H35NO2S2/c1-17(2)8-6-9-18(3)10-7-11-19(4)12-13-25-16-21(14-23)22-26-15-20(5)24/h8,10,12,14,21-22H,6-7,9,11,13,15-16H2,1-5H3/b18-10+,19-12+. The van der Waals surface area contributed by atoms with Crippen molar-refractivity contribution < 1.29 is 9.59 Å². The van der Waals surface area contributed by atoms with Crippen LogP contribution in [0.25, 0.3) is 0 Å². The van der Waals surface area contributed by atoms with Crippen molar-refractivity contribution in [2.75, 3.05) is 17.3 Å². The van der Waals surface area contributed by atoms with Gasteiger partial charge in [-0.15, -0.1) is 0 Å². The highest BCUT2D eigenvalue weighted by atomic mass is 32.2. The molecule has 0 rings (SSSR count). The molecule has 0 aromatic rings. The molecule has 0 amide bonds. The van der Waals surface area contributed by atoms with Crippen LogP contribution in [-0.2, 0) is 9.59 Å². The predicted octanol–water partition coefficient (Wildman–Crippen LogP) is 5.53. The first kappa shape index (κ1) is 25.2. The van der Waals surface area contributed by atoms with Crippen molar-refractivity contribution in [1.82, 2.24) is 4.72 Å². The van der Waals surface area contributed by atoms with Gasteiger partial charge in [-0.05, 0) is 60.3 Å². The van der Waals surface area contributed by atoms with Crippen LogP contribution in [0.15, 0.2) is 34.9 Å². The average Bonchev–Trinajstić information content (AvgIpc) is 2.56. The third kappa shape index (κ3) is 16.7. The van der Waals surface area contributed by atoms with Gasteiger partial charge in [0.1, 0.15) is 12.1 Å². The summed E-state index contributed by atoms with van der Waals surface area (Å²) in [5.41, 5.74) is 4.25. The van der Waals surface area contributed by atoms with Crippen molar-refractivity contribution in [2.24, 2.45) is 0 Å². The van der Waals surface area contributed by atoms with E-state index in [1.807, 2.05) is 0 Å². The SMILES string of the molecule is CC(=O)CSNC(C=O)CSC/C=C(\C)CC/C=C(\C)CCC=C(C)C. The molecule has 3 nitrogen and oxygen atoms in total. The first-order valence-corrected chi connectivity index (χ1v) is 11.3. The molecule has 148 valence electrons. The molecule has 1 atom stereocenters. The van der Waals surface area contributed by atoms with Crippen molar-refractivity contribution in [2.45, 2.75) is 66.3 Å². The maximum atomic E-state index is 11.0. The molecule has 0 aromatic heterocycles. The monoisotopic (exact) mass is 397 g/mol. The molecule has 1 unspecified atom stereocenters. The van der Waals surface area contributed by atoms with Crippen LogP contribution in [0.4, 0.5) is 0 Å². The van der Waals surface area contributed by atoms with E-state index in [1.165, 1.54) is 28.7 Å². The van der Waals surface area contributed by atoms with Crippen molar-refractivity contribution in [3.8, 4) is 0 Å². The molecule has 0 aliphatic rings. The van der Waals surface area contributed by atoms with Crippen LogP contribution in [0, 0.1) is 0 Å². The lowest BCUT2D eigenvalue weighted by molar-refractivity contribution is -0.114. The quantitative estimate of drug-likeness (QED) is 0.170. The summed E-state index contributed by atoms with van der Waals surface area (Å²) in [6.07, 6.45) is 12.3. The molecule has 0 aliphatic heterocycles. The molecule has 0 saturated heterocycles. The largest absolute Gasteiger partial charge is 0.302 e. The Bertz CT molecular complexity index is 506. The lowest BCUT2D eigenvalue weighted by atomic mass is 10.1. The van der Waals surface area contributed by atoms with Crippen LogP contribution < -0.4 is 4.72 Å². The lowest BCUT2D eigenvalue weighted by Crippen LogP contribution is -2.28. The summed E-state index contributed by atoms with van der Waals surface area (Å²) in [5, 5.41) is 0. The van der Waals surface area contributed by atoms with Gasteiger partial charge in [-0.1, -0.05) is 46.9 Å². The Morgan fingerprint density at radius 1 is 0.962 bits per heavy atom. The molecule has 0 fully saturated rings. The van der Waals surface area contributed by atoms with Gasteiger partial charge in [0.2, 0.25) is 0 Å². The Kier molecular flexibility index (Phi) is 15.9. The lowest BCUT2D eigenvalue weighted by Gasteiger charge is -2.10. The minimum atomic E-state index is -0.204. The van der Waals surface area contributed by atoms with Crippen molar-refractivity contribution >= 4 is 35.8 Å². The van der Waals surface area contributed by atoms with Gasteiger partial charge >= 0.3 is 0 Å². The summed E-state index contributed by atoms with van der Waals surface area (Å²) >= 11 is 3.05. The molecular weight excluding hydrogens is 362 g/mol. The zero-order valence-corrected chi connectivity index (χ0v) is 18.6. The molecule has 5 heteroatoms. The smallest absolute Gasteiger partial charge is 0.140 e. The van der Waals surface area contributed by atoms with Gasteiger partial charge in [-0.2, -0.15) is 11.8 Å². The minimum absolute atomic E-state index is 0.111. The molecule has 0 heterocycles. The van der Waals surface area contributed by atoms with E-state index in [2.05, 4.69) is 50.6 Å². The molecule has 0 radical (unpaired) electrons. The third-order valence-electron chi connectivity index (χ3n) is 3.64. The Morgan fingerprint density at radius 2 is 1.58 bits per heavy atom. The van der Waals surface area contributed by atoms with Gasteiger partial charge in [0, 0.05) is 11.5 Å². The number of carbonyl (C=O) groups excluding carboxylic acids is 2. The molecule has 0 saturated carbocycles. The topological polar surface area (TPSA) is 46.2 Å². The van der Waals surface area contributed by atoms with E-state index in [0.29, 0.717) is 5.75 Å². The second kappa shape index (κ2) is 16.4. The van der Waals surface area contributed by atoms with Gasteiger partial charge in [-0.3, -0.25) is 9.52 Å². The Hall–Kier alpha value is -0.780. The normalized spacial score (nSPS) is 13.4. The third-order valence-corrected chi connectivity index (χ3v) is 5.66. The van der Waals surface area contributed by atoms with E-state index in [-0.39, 0.29) is 11.8 Å². The summed E-state index contributed by atoms with van der Waals surface area (Å²) in [4.78, 5) is 21.9. The van der Waals surface area contributed by atoms with E-state index in [4.69, 9.17) is 0 Å². The van der Waals surface area contributed by atoms with Crippen LogP contribution >= 0.6 is 23.7 Å². The Morgan fingerprint density at radius 3 is 2.15 bits per heavy atom. The van der Waals surface area contributed by atoms with Crippen LogP contribution in [0.2, 0.25) is 0 Å². The molecule has 26 heavy (non-hydrogen) atoms. The highest BCUT2D eigenvalue weighted by Gasteiger charge is 2.06. The van der Waals surface area contributed by atoms with Gasteiger partial charge < -0.3 is 4.79 Å². The number of Topliss-reactive ketones (excluding diaryl/α,β-unsaturated/α-hetero) is 1. The Balaban J connectivity index is 3.94. The number of hydrogen-bond acceptors (Lipinski definition) is 5. The van der Waals surface area contributed by atoms with E-state index >= 15 is 0 Å². The number of ketones is 1. The van der Waals surface area contributed by atoms with Crippen molar-refractivity contribution in [3.63, 3.8) is 0 Å². The summed E-state index contributed by atoms with van der Waals surface area (Å²) in [5.74, 6) is 2.15. The first-order chi connectivity index (χ1) is 12.3. The highest BCUT2D eigenvalue weighted by molar-refractivity contribution is 7.99. The number of rotatable bonds is 15. The van der Waals surface area contributed by atoms with Crippen molar-refractivity contribution in [3.05, 3.63) is 34.9 Å². The molecular formula is C21H35NO2S2. The number of carbonyl (C=O) groups is 2. The Labute approximate surface area is 168 Å². The van der Waals surface area contributed by atoms with Crippen molar-refractivity contribution in [1.29, 1.82) is 0 Å². The number of thioether (sulfide) groups is 1. The highest BCUT2D eigenvalue weighted by Crippen LogP contribution is 2.13. The van der Waals surface area contributed by atoms with Gasteiger partial charge in [-0.25, -0.2) is 0 Å². The van der Waals surface area contributed by atoms with E-state index < -0.39 is 0 Å². The van der Waals surface area contributed by atoms with E-state index in [0.717, 1.165) is 43.5 Å². The van der Waals surface area contributed by atoms with E-state index in [9.17, 15) is 9.59 Å². The minimum Gasteiger partial charge on any atom is -0.302 e. The van der Waals surface area contributed by atoms with Crippen LogP contribution in [0.3, 0.4) is 0 Å². The van der Waals surface area contributed by atoms with Gasteiger partial charge in [0.25, 0.3) is 0 Å². The first-order valence-electron chi connectivity index (χ1n) is 9.19. The van der Waals surface area contributed by atoms with Gasteiger partial charge in [0.05, 0.1) is 11.8 Å². The maximum absolute atomic E-state index is 11.0. The zero-order valence-electron chi connectivity index (χ0n) is 17.0. The van der Waals surface area contributed by atoms with Crippen LogP contribution in [0.5, 0.6) is 0 Å². The van der Waals surface area contributed by atoms with Crippen LogP contribution in [0.1, 0.15) is 60.3 Å². The molecule has 0 bridgehead atoms. The molecule has 0 aliphatic carbocycles. The second-order valence-corrected chi connectivity index (χ2v) is 8.74. The molecule has 0 aromatic carbocycles. The summed E-state index contributed by atoms with van der Waals surface area (Å²) in [6, 6.07) is -0.204.